The second-order valence-electron chi connectivity index (χ2n) is 5.36. The van der Waals surface area contributed by atoms with Gasteiger partial charge in [0.15, 0.2) is 0 Å². The summed E-state index contributed by atoms with van der Waals surface area (Å²) in [5.41, 5.74) is 0.791. The van der Waals surface area contributed by atoms with Gasteiger partial charge in [0.1, 0.15) is 5.69 Å². The van der Waals surface area contributed by atoms with Crippen molar-refractivity contribution in [2.75, 3.05) is 18.4 Å². The molecule has 0 fully saturated rings. The van der Waals surface area contributed by atoms with Gasteiger partial charge in [0.2, 0.25) is 5.91 Å². The van der Waals surface area contributed by atoms with Gasteiger partial charge in [-0.15, -0.1) is 0 Å². The third-order valence-electron chi connectivity index (χ3n) is 3.60. The van der Waals surface area contributed by atoms with E-state index in [2.05, 4.69) is 5.32 Å². The number of carbonyl (C=O) groups excluding carboxylic acids is 1. The Morgan fingerprint density at radius 3 is 2.60 bits per heavy atom. The first-order chi connectivity index (χ1) is 11.9. The van der Waals surface area contributed by atoms with E-state index < -0.39 is 4.92 Å². The van der Waals surface area contributed by atoms with Crippen molar-refractivity contribution in [2.45, 2.75) is 13.5 Å². The minimum absolute atomic E-state index is 0.0848. The van der Waals surface area contributed by atoms with Crippen molar-refractivity contribution in [3.63, 3.8) is 0 Å². The molecule has 25 heavy (non-hydrogen) atoms. The fraction of sp³-hybridized carbons (Fsp3) is 0.235. The highest BCUT2D eigenvalue weighted by molar-refractivity contribution is 6.31. The van der Waals surface area contributed by atoms with E-state index in [9.17, 15) is 14.9 Å². The molecule has 1 amide bonds. The molecule has 0 aliphatic heterocycles. The number of anilines is 1. The predicted octanol–water partition coefficient (Wildman–Crippen LogP) is 4.36. The number of nitrogens with zero attached hydrogens (tertiary/aromatic N) is 2. The summed E-state index contributed by atoms with van der Waals surface area (Å²) in [6.07, 6.45) is 0. The van der Waals surface area contributed by atoms with E-state index in [1.165, 1.54) is 18.2 Å². The Kier molecular flexibility index (Phi) is 6.75. The summed E-state index contributed by atoms with van der Waals surface area (Å²) in [4.78, 5) is 24.7. The molecule has 0 unspecified atom stereocenters. The van der Waals surface area contributed by atoms with Crippen LogP contribution in [0.25, 0.3) is 0 Å². The summed E-state index contributed by atoms with van der Waals surface area (Å²) >= 11 is 11.9. The zero-order chi connectivity index (χ0) is 18.4. The zero-order valence-corrected chi connectivity index (χ0v) is 15.0. The highest BCUT2D eigenvalue weighted by Gasteiger charge is 2.18. The van der Waals surface area contributed by atoms with Crippen molar-refractivity contribution in [1.29, 1.82) is 0 Å². The van der Waals surface area contributed by atoms with Crippen LogP contribution in [0.5, 0.6) is 0 Å². The Hall–Kier alpha value is -2.15. The van der Waals surface area contributed by atoms with Crippen LogP contribution in [0.3, 0.4) is 0 Å². The highest BCUT2D eigenvalue weighted by atomic mass is 35.5. The van der Waals surface area contributed by atoms with E-state index in [0.29, 0.717) is 18.1 Å². The summed E-state index contributed by atoms with van der Waals surface area (Å²) in [7, 11) is 0. The van der Waals surface area contributed by atoms with E-state index in [1.54, 1.807) is 6.07 Å². The van der Waals surface area contributed by atoms with E-state index in [0.717, 1.165) is 5.56 Å². The van der Waals surface area contributed by atoms with Gasteiger partial charge in [0.25, 0.3) is 5.69 Å². The molecule has 0 heterocycles. The molecular formula is C17H17Cl2N3O3. The summed E-state index contributed by atoms with van der Waals surface area (Å²) in [5.74, 6) is -0.348. The predicted molar refractivity (Wildman–Crippen MR) is 99.1 cm³/mol. The highest BCUT2D eigenvalue weighted by Crippen LogP contribution is 2.27. The molecule has 2 aromatic rings. The third-order valence-corrected chi connectivity index (χ3v) is 4.20. The minimum Gasteiger partial charge on any atom is -0.319 e. The van der Waals surface area contributed by atoms with Gasteiger partial charge in [0.05, 0.1) is 11.5 Å². The van der Waals surface area contributed by atoms with E-state index in [1.807, 2.05) is 30.0 Å². The molecule has 0 spiro atoms. The molecule has 0 aromatic heterocycles. The topological polar surface area (TPSA) is 75.5 Å². The fourth-order valence-electron chi connectivity index (χ4n) is 2.30. The van der Waals surface area contributed by atoms with E-state index >= 15 is 0 Å². The Morgan fingerprint density at radius 1 is 1.24 bits per heavy atom. The van der Waals surface area contributed by atoms with Gasteiger partial charge < -0.3 is 5.32 Å². The smallest absolute Gasteiger partial charge is 0.294 e. The number of hydrogen-bond acceptors (Lipinski definition) is 4. The molecular weight excluding hydrogens is 365 g/mol. The standard InChI is InChI=1S/C17H17Cl2N3O3/c1-2-21(10-12-5-3-4-6-14(12)19)11-17(23)20-15-8-7-13(18)9-16(15)22(24)25/h3-9H,2,10-11H2,1H3,(H,20,23). The van der Waals surface area contributed by atoms with Crippen LogP contribution in [0.2, 0.25) is 10.0 Å². The quantitative estimate of drug-likeness (QED) is 0.570. The number of rotatable bonds is 7. The number of nitro groups is 1. The number of halogens is 2. The molecule has 0 aliphatic carbocycles. The first kappa shape index (κ1) is 19.2. The number of nitro benzene ring substituents is 1. The number of nitrogens with one attached hydrogen (secondary N) is 1. The number of hydrogen-bond donors (Lipinski definition) is 1. The Bertz CT molecular complexity index is 783. The summed E-state index contributed by atoms with van der Waals surface area (Å²) < 4.78 is 0. The average Bonchev–Trinajstić information content (AvgIpc) is 2.57. The Balaban J connectivity index is 2.06. The van der Waals surface area contributed by atoms with Crippen LogP contribution in [-0.2, 0) is 11.3 Å². The molecule has 0 saturated heterocycles. The maximum Gasteiger partial charge on any atom is 0.294 e. The molecule has 8 heteroatoms. The van der Waals surface area contributed by atoms with Crippen molar-refractivity contribution in [2.24, 2.45) is 0 Å². The molecule has 1 N–H and O–H groups in total. The van der Waals surface area contributed by atoms with Crippen LogP contribution in [0.1, 0.15) is 12.5 Å². The molecule has 2 rings (SSSR count). The maximum atomic E-state index is 12.3. The summed E-state index contributed by atoms with van der Waals surface area (Å²) in [6.45, 7) is 3.14. The lowest BCUT2D eigenvalue weighted by Gasteiger charge is -2.20. The van der Waals surface area contributed by atoms with Gasteiger partial charge in [-0.2, -0.15) is 0 Å². The maximum absolute atomic E-state index is 12.3. The largest absolute Gasteiger partial charge is 0.319 e. The number of amides is 1. The monoisotopic (exact) mass is 381 g/mol. The van der Waals surface area contributed by atoms with Crippen LogP contribution < -0.4 is 5.32 Å². The van der Waals surface area contributed by atoms with E-state index in [4.69, 9.17) is 23.2 Å². The van der Waals surface area contributed by atoms with Crippen LogP contribution in [0.15, 0.2) is 42.5 Å². The lowest BCUT2D eigenvalue weighted by atomic mass is 10.2. The van der Waals surface area contributed by atoms with Crippen LogP contribution in [0, 0.1) is 10.1 Å². The lowest BCUT2D eigenvalue weighted by Crippen LogP contribution is -2.33. The van der Waals surface area contributed by atoms with Crippen molar-refractivity contribution in [3.05, 3.63) is 68.2 Å². The molecule has 0 aliphatic rings. The van der Waals surface area contributed by atoms with Crippen molar-refractivity contribution < 1.29 is 9.72 Å². The van der Waals surface area contributed by atoms with Gasteiger partial charge in [-0.05, 0) is 30.3 Å². The SMILES string of the molecule is CCN(CC(=O)Nc1ccc(Cl)cc1[N+](=O)[O-])Cc1ccccc1Cl. The van der Waals surface area contributed by atoms with Crippen LogP contribution in [-0.4, -0.2) is 28.8 Å². The number of likely N-dealkylation sites (N-methyl/N-ethyl adjacent to an activating group) is 1. The van der Waals surface area contributed by atoms with Gasteiger partial charge in [0, 0.05) is 22.7 Å². The van der Waals surface area contributed by atoms with Crippen LogP contribution in [0.4, 0.5) is 11.4 Å². The number of benzene rings is 2. The zero-order valence-electron chi connectivity index (χ0n) is 13.5. The van der Waals surface area contributed by atoms with Crippen molar-refractivity contribution in [1.82, 2.24) is 4.90 Å². The fourth-order valence-corrected chi connectivity index (χ4v) is 2.66. The lowest BCUT2D eigenvalue weighted by molar-refractivity contribution is -0.383. The normalized spacial score (nSPS) is 10.7. The van der Waals surface area contributed by atoms with Gasteiger partial charge in [-0.1, -0.05) is 48.3 Å². The molecule has 0 saturated carbocycles. The number of carbonyl (C=O) groups is 1. The molecule has 2 aromatic carbocycles. The molecule has 0 bridgehead atoms. The molecule has 0 radical (unpaired) electrons. The first-order valence-electron chi connectivity index (χ1n) is 7.60. The van der Waals surface area contributed by atoms with Crippen molar-refractivity contribution >= 4 is 40.5 Å². The molecule has 0 atom stereocenters. The van der Waals surface area contributed by atoms with Gasteiger partial charge in [-0.25, -0.2) is 0 Å². The van der Waals surface area contributed by atoms with Gasteiger partial charge in [-0.3, -0.25) is 19.8 Å². The summed E-state index contributed by atoms with van der Waals surface area (Å²) in [6, 6.07) is 11.5. The Labute approximate surface area is 155 Å². The molecule has 132 valence electrons. The average molecular weight is 382 g/mol. The van der Waals surface area contributed by atoms with Crippen LogP contribution >= 0.6 is 23.2 Å². The second kappa shape index (κ2) is 8.80. The van der Waals surface area contributed by atoms with Gasteiger partial charge >= 0.3 is 0 Å². The second-order valence-corrected chi connectivity index (χ2v) is 6.21. The molecule has 6 nitrogen and oxygen atoms in total. The third kappa shape index (κ3) is 5.42. The Morgan fingerprint density at radius 2 is 1.96 bits per heavy atom. The minimum atomic E-state index is -0.581. The van der Waals surface area contributed by atoms with Crippen molar-refractivity contribution in [3.8, 4) is 0 Å². The first-order valence-corrected chi connectivity index (χ1v) is 8.36. The van der Waals surface area contributed by atoms with E-state index in [-0.39, 0.29) is 28.8 Å². The summed E-state index contributed by atoms with van der Waals surface area (Å²) in [5, 5.41) is 14.5.